The van der Waals surface area contributed by atoms with Crippen LogP contribution in [0, 0.1) is 5.92 Å². The maximum Gasteiger partial charge on any atom is 0.340 e. The van der Waals surface area contributed by atoms with Crippen LogP contribution in [0.15, 0.2) is 71.5 Å². The van der Waals surface area contributed by atoms with E-state index in [4.69, 9.17) is 4.74 Å². The number of rotatable bonds is 5. The van der Waals surface area contributed by atoms with E-state index in [0.29, 0.717) is 23.7 Å². The monoisotopic (exact) mass is 334 g/mol. The van der Waals surface area contributed by atoms with Gasteiger partial charge in [-0.2, -0.15) is 0 Å². The molecule has 1 aliphatic heterocycles. The van der Waals surface area contributed by atoms with Crippen molar-refractivity contribution in [1.82, 2.24) is 0 Å². The third-order valence-electron chi connectivity index (χ3n) is 4.14. The maximum atomic E-state index is 12.5. The maximum absolute atomic E-state index is 12.5. The van der Waals surface area contributed by atoms with Crippen LogP contribution < -0.4 is 0 Å². The Morgan fingerprint density at radius 3 is 2.32 bits per heavy atom. The molecular formula is C22H22O3. The molecular weight excluding hydrogens is 312 g/mol. The van der Waals surface area contributed by atoms with Gasteiger partial charge < -0.3 is 9.84 Å². The molecule has 3 rings (SSSR count). The van der Waals surface area contributed by atoms with Crippen molar-refractivity contribution in [2.45, 2.75) is 26.7 Å². The zero-order chi connectivity index (χ0) is 17.8. The van der Waals surface area contributed by atoms with Crippen molar-refractivity contribution in [2.24, 2.45) is 5.92 Å². The molecule has 128 valence electrons. The van der Waals surface area contributed by atoms with E-state index in [9.17, 15) is 9.90 Å². The minimum absolute atomic E-state index is 0.221. The predicted molar refractivity (Wildman–Crippen MR) is 98.8 cm³/mol. The molecule has 0 saturated heterocycles. The van der Waals surface area contributed by atoms with Crippen LogP contribution in [0.4, 0.5) is 0 Å². The molecule has 0 radical (unpaired) electrons. The summed E-state index contributed by atoms with van der Waals surface area (Å²) in [5.74, 6) is 1.02. The van der Waals surface area contributed by atoms with E-state index in [1.54, 1.807) is 12.1 Å². The van der Waals surface area contributed by atoms with Crippen molar-refractivity contribution in [3.05, 3.63) is 82.6 Å². The van der Waals surface area contributed by atoms with Crippen LogP contribution in [-0.2, 0) is 16.0 Å². The topological polar surface area (TPSA) is 46.5 Å². The molecule has 1 N–H and O–H groups in total. The zero-order valence-electron chi connectivity index (χ0n) is 14.5. The lowest BCUT2D eigenvalue weighted by Gasteiger charge is -2.09. The largest absolute Gasteiger partial charge is 0.508 e. The molecule has 3 nitrogen and oxygen atoms in total. The van der Waals surface area contributed by atoms with E-state index in [0.717, 1.165) is 23.1 Å². The molecule has 0 amide bonds. The number of phenols is 1. The second kappa shape index (κ2) is 7.39. The van der Waals surface area contributed by atoms with Crippen LogP contribution in [0.5, 0.6) is 5.75 Å². The van der Waals surface area contributed by atoms with Crippen molar-refractivity contribution < 1.29 is 14.6 Å². The summed E-state index contributed by atoms with van der Waals surface area (Å²) < 4.78 is 5.59. The molecule has 0 atom stereocenters. The summed E-state index contributed by atoms with van der Waals surface area (Å²) in [5.41, 5.74) is 3.68. The van der Waals surface area contributed by atoms with Crippen LogP contribution in [0.1, 0.15) is 31.4 Å². The van der Waals surface area contributed by atoms with Gasteiger partial charge in [0.2, 0.25) is 0 Å². The van der Waals surface area contributed by atoms with Crippen LogP contribution >= 0.6 is 0 Å². The number of phenolic OH excluding ortho intramolecular Hbond substituents is 1. The molecule has 0 spiro atoms. The average molecular weight is 334 g/mol. The van der Waals surface area contributed by atoms with Gasteiger partial charge in [-0.3, -0.25) is 0 Å². The second-order valence-corrected chi connectivity index (χ2v) is 6.71. The molecule has 0 bridgehead atoms. The molecule has 0 aliphatic carbocycles. The van der Waals surface area contributed by atoms with Crippen molar-refractivity contribution in [2.75, 3.05) is 0 Å². The summed E-state index contributed by atoms with van der Waals surface area (Å²) in [6.07, 6.45) is 3.23. The Kier molecular flexibility index (Phi) is 5.03. The Bertz CT molecular complexity index is 812. The van der Waals surface area contributed by atoms with Gasteiger partial charge in [0.1, 0.15) is 11.5 Å². The Balaban J connectivity index is 1.97. The number of hydrogen-bond acceptors (Lipinski definition) is 3. The Morgan fingerprint density at radius 1 is 1.00 bits per heavy atom. The Hall–Kier alpha value is -2.81. The molecule has 2 aromatic rings. The summed E-state index contributed by atoms with van der Waals surface area (Å²) in [6, 6.07) is 16.8. The van der Waals surface area contributed by atoms with Crippen LogP contribution in [0.2, 0.25) is 0 Å². The highest BCUT2D eigenvalue weighted by Crippen LogP contribution is 2.34. The summed E-state index contributed by atoms with van der Waals surface area (Å²) in [5, 5.41) is 9.43. The molecule has 2 aromatic carbocycles. The third kappa shape index (κ3) is 4.18. The average Bonchev–Trinajstić information content (AvgIpc) is 2.86. The van der Waals surface area contributed by atoms with Crippen molar-refractivity contribution >= 4 is 12.0 Å². The van der Waals surface area contributed by atoms with Gasteiger partial charge in [-0.15, -0.1) is 0 Å². The molecule has 1 heterocycles. The minimum atomic E-state index is -0.272. The normalized spacial score (nSPS) is 16.0. The fourth-order valence-electron chi connectivity index (χ4n) is 2.94. The number of carbonyl (C=O) groups excluding carboxylic acids is 1. The summed E-state index contributed by atoms with van der Waals surface area (Å²) in [4.78, 5) is 12.5. The number of benzene rings is 2. The van der Waals surface area contributed by atoms with E-state index in [1.165, 1.54) is 0 Å². The Labute approximate surface area is 148 Å². The highest BCUT2D eigenvalue weighted by atomic mass is 16.5. The summed E-state index contributed by atoms with van der Waals surface area (Å²) in [7, 11) is 0. The quantitative estimate of drug-likeness (QED) is 0.793. The summed E-state index contributed by atoms with van der Waals surface area (Å²) >= 11 is 0. The lowest BCUT2D eigenvalue weighted by Crippen LogP contribution is -2.03. The standard InChI is InChI=1S/C22H22O3/c1-15(2)12-19-20(13-17-8-10-18(23)11-9-17)22(24)25-21(19)14-16-6-4-3-5-7-16/h3-11,14-15,23H,12-13H2,1-2H3/b21-14-. The lowest BCUT2D eigenvalue weighted by atomic mass is 9.93. The zero-order valence-corrected chi connectivity index (χ0v) is 14.5. The highest BCUT2D eigenvalue weighted by Gasteiger charge is 2.30. The fraction of sp³-hybridized carbons (Fsp3) is 0.227. The lowest BCUT2D eigenvalue weighted by molar-refractivity contribution is -0.133. The Morgan fingerprint density at radius 2 is 1.68 bits per heavy atom. The van der Waals surface area contributed by atoms with E-state index in [2.05, 4.69) is 13.8 Å². The molecule has 25 heavy (non-hydrogen) atoms. The van der Waals surface area contributed by atoms with Gasteiger partial charge in [0.05, 0.1) is 0 Å². The minimum Gasteiger partial charge on any atom is -0.508 e. The van der Waals surface area contributed by atoms with Crippen LogP contribution in [0.3, 0.4) is 0 Å². The second-order valence-electron chi connectivity index (χ2n) is 6.71. The van der Waals surface area contributed by atoms with Gasteiger partial charge in [-0.05, 0) is 41.7 Å². The van der Waals surface area contributed by atoms with E-state index >= 15 is 0 Å². The van der Waals surface area contributed by atoms with Gasteiger partial charge in [0, 0.05) is 17.6 Å². The highest BCUT2D eigenvalue weighted by molar-refractivity contribution is 5.96. The van der Waals surface area contributed by atoms with Gasteiger partial charge in [-0.1, -0.05) is 56.3 Å². The van der Waals surface area contributed by atoms with E-state index < -0.39 is 0 Å². The van der Waals surface area contributed by atoms with Crippen LogP contribution in [0.25, 0.3) is 6.08 Å². The number of cyclic esters (lactones) is 1. The van der Waals surface area contributed by atoms with Gasteiger partial charge in [-0.25, -0.2) is 4.79 Å². The number of allylic oxidation sites excluding steroid dienone is 1. The van der Waals surface area contributed by atoms with Crippen molar-refractivity contribution in [3.8, 4) is 5.75 Å². The molecule has 0 saturated carbocycles. The van der Waals surface area contributed by atoms with E-state index in [1.807, 2.05) is 48.5 Å². The first-order valence-corrected chi connectivity index (χ1v) is 8.52. The molecule has 0 aromatic heterocycles. The van der Waals surface area contributed by atoms with Crippen molar-refractivity contribution in [3.63, 3.8) is 0 Å². The molecule has 1 aliphatic rings. The number of hydrogen-bond donors (Lipinski definition) is 1. The number of ether oxygens (including phenoxy) is 1. The first-order chi connectivity index (χ1) is 12.0. The number of aromatic hydroxyl groups is 1. The van der Waals surface area contributed by atoms with Crippen molar-refractivity contribution in [1.29, 1.82) is 0 Å². The first-order valence-electron chi connectivity index (χ1n) is 8.52. The smallest absolute Gasteiger partial charge is 0.340 e. The van der Waals surface area contributed by atoms with E-state index in [-0.39, 0.29) is 11.7 Å². The van der Waals surface area contributed by atoms with Crippen LogP contribution in [-0.4, -0.2) is 11.1 Å². The molecule has 0 fully saturated rings. The predicted octanol–water partition coefficient (Wildman–Crippen LogP) is 4.88. The summed E-state index contributed by atoms with van der Waals surface area (Å²) in [6.45, 7) is 4.27. The number of esters is 1. The third-order valence-corrected chi connectivity index (χ3v) is 4.14. The molecule has 0 unspecified atom stereocenters. The molecule has 3 heteroatoms. The number of carbonyl (C=O) groups is 1. The fourth-order valence-corrected chi connectivity index (χ4v) is 2.94. The SMILES string of the molecule is CC(C)CC1=C(Cc2ccc(O)cc2)C(=O)O/C1=C\c1ccccc1. The first kappa shape index (κ1) is 17.0. The van der Waals surface area contributed by atoms with Gasteiger partial charge in [0.15, 0.2) is 0 Å². The van der Waals surface area contributed by atoms with Gasteiger partial charge >= 0.3 is 5.97 Å². The van der Waals surface area contributed by atoms with Gasteiger partial charge in [0.25, 0.3) is 0 Å².